The normalized spacial score (nSPS) is 16.9. The van der Waals surface area contributed by atoms with Gasteiger partial charge in [-0.3, -0.25) is 0 Å². The van der Waals surface area contributed by atoms with E-state index in [1.54, 1.807) is 11.3 Å². The van der Waals surface area contributed by atoms with Crippen LogP contribution >= 0.6 is 47.1 Å². The molecule has 0 unspecified atom stereocenters. The van der Waals surface area contributed by atoms with Crippen LogP contribution in [0.4, 0.5) is 0 Å². The monoisotopic (exact) mass is 520 g/mol. The Morgan fingerprint density at radius 2 is 2.19 bits per heavy atom. The molecule has 3 heterocycles. The number of aromatic nitrogens is 3. The standard InChI is InChI=1S/C18H28N6S2.HI/c1-14-21-22-16(23(14)4)12-20-17(19-8-7-15-6-5-10-25-15)24-9-11-26-18(2,3)13-24;/h5-6,10H,7-9,11-13H2,1-4H3,(H,19,20);1H. The third-order valence-electron chi connectivity index (χ3n) is 4.51. The van der Waals surface area contributed by atoms with Crippen molar-refractivity contribution in [1.29, 1.82) is 0 Å². The van der Waals surface area contributed by atoms with Crippen LogP contribution in [0.1, 0.15) is 30.4 Å². The number of thioether (sulfide) groups is 1. The topological polar surface area (TPSA) is 58.3 Å². The van der Waals surface area contributed by atoms with Crippen LogP contribution in [0.15, 0.2) is 22.5 Å². The summed E-state index contributed by atoms with van der Waals surface area (Å²) in [4.78, 5) is 8.66. The highest BCUT2D eigenvalue weighted by molar-refractivity contribution is 14.0. The van der Waals surface area contributed by atoms with E-state index in [0.717, 1.165) is 49.4 Å². The van der Waals surface area contributed by atoms with Crippen LogP contribution in [0.3, 0.4) is 0 Å². The number of hydrogen-bond donors (Lipinski definition) is 1. The van der Waals surface area contributed by atoms with Crippen molar-refractivity contribution < 1.29 is 0 Å². The second-order valence-electron chi connectivity index (χ2n) is 7.15. The van der Waals surface area contributed by atoms with Gasteiger partial charge in [0, 0.05) is 42.1 Å². The highest BCUT2D eigenvalue weighted by Crippen LogP contribution is 2.29. The molecular formula is C18H29IN6S2. The lowest BCUT2D eigenvalue weighted by Crippen LogP contribution is -2.51. The van der Waals surface area contributed by atoms with Gasteiger partial charge in [0.05, 0.1) is 0 Å². The lowest BCUT2D eigenvalue weighted by atomic mass is 10.2. The molecule has 150 valence electrons. The minimum absolute atomic E-state index is 0. The average Bonchev–Trinajstić information content (AvgIpc) is 3.22. The highest BCUT2D eigenvalue weighted by atomic mass is 127. The van der Waals surface area contributed by atoms with Gasteiger partial charge in [0.25, 0.3) is 0 Å². The lowest BCUT2D eigenvalue weighted by molar-refractivity contribution is 0.375. The summed E-state index contributed by atoms with van der Waals surface area (Å²) in [6, 6.07) is 4.29. The number of rotatable bonds is 5. The number of hydrogen-bond acceptors (Lipinski definition) is 5. The van der Waals surface area contributed by atoms with Crippen LogP contribution in [-0.2, 0) is 20.0 Å². The van der Waals surface area contributed by atoms with Gasteiger partial charge in [0.15, 0.2) is 11.8 Å². The Balaban J connectivity index is 0.00000261. The lowest BCUT2D eigenvalue weighted by Gasteiger charge is -2.39. The van der Waals surface area contributed by atoms with Gasteiger partial charge in [-0.2, -0.15) is 11.8 Å². The Hall–Kier alpha value is -0.810. The molecule has 1 saturated heterocycles. The predicted octanol–water partition coefficient (Wildman–Crippen LogP) is 3.32. The Morgan fingerprint density at radius 3 is 2.81 bits per heavy atom. The molecule has 9 heteroatoms. The third kappa shape index (κ3) is 6.35. The molecule has 0 amide bonds. The summed E-state index contributed by atoms with van der Waals surface area (Å²) in [6.45, 7) is 10.0. The Bertz CT molecular complexity index is 741. The van der Waals surface area contributed by atoms with Gasteiger partial charge in [-0.25, -0.2) is 4.99 Å². The Labute approximate surface area is 187 Å². The average molecular weight is 521 g/mol. The van der Waals surface area contributed by atoms with Gasteiger partial charge < -0.3 is 14.8 Å². The molecule has 1 N–H and O–H groups in total. The molecule has 6 nitrogen and oxygen atoms in total. The summed E-state index contributed by atoms with van der Waals surface area (Å²) in [5.41, 5.74) is 0. The van der Waals surface area contributed by atoms with Crippen molar-refractivity contribution in [1.82, 2.24) is 25.0 Å². The molecular weight excluding hydrogens is 491 g/mol. The quantitative estimate of drug-likeness (QED) is 0.373. The van der Waals surface area contributed by atoms with Crippen LogP contribution < -0.4 is 5.32 Å². The van der Waals surface area contributed by atoms with Gasteiger partial charge in [-0.05, 0) is 38.6 Å². The molecule has 2 aromatic heterocycles. The van der Waals surface area contributed by atoms with Crippen LogP contribution in [0.5, 0.6) is 0 Å². The smallest absolute Gasteiger partial charge is 0.194 e. The molecule has 2 aromatic rings. The summed E-state index contributed by atoms with van der Waals surface area (Å²) in [7, 11) is 1.99. The fourth-order valence-corrected chi connectivity index (χ4v) is 4.77. The van der Waals surface area contributed by atoms with Crippen molar-refractivity contribution in [2.75, 3.05) is 25.4 Å². The van der Waals surface area contributed by atoms with Crippen LogP contribution in [0.25, 0.3) is 0 Å². The van der Waals surface area contributed by atoms with Crippen LogP contribution in [0, 0.1) is 6.92 Å². The maximum absolute atomic E-state index is 4.88. The van der Waals surface area contributed by atoms with Crippen molar-refractivity contribution in [2.45, 2.75) is 38.5 Å². The summed E-state index contributed by atoms with van der Waals surface area (Å²) in [6.07, 6.45) is 1.02. The van der Waals surface area contributed by atoms with E-state index in [4.69, 9.17) is 4.99 Å². The summed E-state index contributed by atoms with van der Waals surface area (Å²) in [5.74, 6) is 3.92. The van der Waals surface area contributed by atoms with Gasteiger partial charge in [0.2, 0.25) is 0 Å². The SMILES string of the molecule is Cc1nnc(CN=C(NCCc2cccs2)N2CCSC(C)(C)C2)n1C.I. The number of nitrogens with one attached hydrogen (secondary N) is 1. The molecule has 1 fully saturated rings. The van der Waals surface area contributed by atoms with E-state index in [1.807, 2.05) is 30.3 Å². The Morgan fingerprint density at radius 1 is 1.37 bits per heavy atom. The molecule has 0 saturated carbocycles. The van der Waals surface area contributed by atoms with E-state index >= 15 is 0 Å². The molecule has 0 aliphatic carbocycles. The van der Waals surface area contributed by atoms with E-state index in [2.05, 4.69) is 51.8 Å². The summed E-state index contributed by atoms with van der Waals surface area (Å²) in [5, 5.41) is 14.1. The van der Waals surface area contributed by atoms with Gasteiger partial charge in [0.1, 0.15) is 12.4 Å². The first kappa shape index (κ1) is 22.5. The number of thiophene rings is 1. The molecule has 3 rings (SSSR count). The number of halogens is 1. The minimum Gasteiger partial charge on any atom is -0.356 e. The first-order chi connectivity index (χ1) is 12.4. The van der Waals surface area contributed by atoms with E-state index < -0.39 is 0 Å². The molecule has 0 radical (unpaired) electrons. The molecule has 1 aliphatic rings. The van der Waals surface area contributed by atoms with E-state index in [0.29, 0.717) is 6.54 Å². The van der Waals surface area contributed by atoms with Crippen LogP contribution in [-0.4, -0.2) is 55.8 Å². The molecule has 1 aliphatic heterocycles. The zero-order valence-corrected chi connectivity index (χ0v) is 20.4. The molecule has 27 heavy (non-hydrogen) atoms. The minimum atomic E-state index is 0. The summed E-state index contributed by atoms with van der Waals surface area (Å²) >= 11 is 3.84. The maximum Gasteiger partial charge on any atom is 0.194 e. The molecule has 0 atom stereocenters. The highest BCUT2D eigenvalue weighted by Gasteiger charge is 2.28. The van der Waals surface area contributed by atoms with E-state index in [-0.39, 0.29) is 28.7 Å². The van der Waals surface area contributed by atoms with Gasteiger partial charge in [-0.1, -0.05) is 6.07 Å². The second kappa shape index (κ2) is 10.1. The predicted molar refractivity (Wildman–Crippen MR) is 126 cm³/mol. The molecule has 0 aromatic carbocycles. The zero-order valence-electron chi connectivity index (χ0n) is 16.4. The van der Waals surface area contributed by atoms with Gasteiger partial charge in [-0.15, -0.1) is 45.5 Å². The van der Waals surface area contributed by atoms with Gasteiger partial charge >= 0.3 is 0 Å². The number of guanidine groups is 1. The fraction of sp³-hybridized carbons (Fsp3) is 0.611. The first-order valence-electron chi connectivity index (χ1n) is 8.99. The summed E-state index contributed by atoms with van der Waals surface area (Å²) < 4.78 is 2.25. The maximum atomic E-state index is 4.88. The molecule has 0 bridgehead atoms. The van der Waals surface area contributed by atoms with Crippen molar-refractivity contribution in [3.8, 4) is 0 Å². The fourth-order valence-electron chi connectivity index (χ4n) is 2.95. The third-order valence-corrected chi connectivity index (χ3v) is 6.75. The van der Waals surface area contributed by atoms with E-state index in [9.17, 15) is 0 Å². The first-order valence-corrected chi connectivity index (χ1v) is 10.9. The number of aryl methyl sites for hydroxylation is 1. The van der Waals surface area contributed by atoms with Crippen molar-refractivity contribution in [3.05, 3.63) is 34.0 Å². The van der Waals surface area contributed by atoms with E-state index in [1.165, 1.54) is 4.88 Å². The van der Waals surface area contributed by atoms with Crippen molar-refractivity contribution >= 4 is 53.0 Å². The number of aliphatic imine (C=N–C) groups is 1. The van der Waals surface area contributed by atoms with Crippen molar-refractivity contribution in [3.63, 3.8) is 0 Å². The second-order valence-corrected chi connectivity index (χ2v) is 9.98. The van der Waals surface area contributed by atoms with Crippen LogP contribution in [0.2, 0.25) is 0 Å². The Kier molecular flexibility index (Phi) is 8.41. The zero-order chi connectivity index (χ0) is 18.6. The number of nitrogens with zero attached hydrogens (tertiary/aromatic N) is 5. The van der Waals surface area contributed by atoms with Crippen molar-refractivity contribution in [2.24, 2.45) is 12.0 Å². The largest absolute Gasteiger partial charge is 0.356 e. The molecule has 0 spiro atoms.